The number of amides is 2. The molecule has 1 aliphatic heterocycles. The van der Waals surface area contributed by atoms with Crippen LogP contribution in [0.1, 0.15) is 61.3 Å². The van der Waals surface area contributed by atoms with E-state index in [2.05, 4.69) is 33.0 Å². The van der Waals surface area contributed by atoms with Gasteiger partial charge in [0.25, 0.3) is 0 Å². The number of hydrogen-bond acceptors (Lipinski definition) is 2. The molecule has 2 atom stereocenters. The Hall–Kier alpha value is -1.06. The van der Waals surface area contributed by atoms with Crippen molar-refractivity contribution >= 4 is 11.8 Å². The molecule has 0 aromatic heterocycles. The van der Waals surface area contributed by atoms with Crippen LogP contribution in [0, 0.1) is 16.7 Å². The molecule has 1 aliphatic carbocycles. The van der Waals surface area contributed by atoms with Crippen molar-refractivity contribution in [2.24, 2.45) is 16.7 Å². The molecule has 1 heterocycles. The summed E-state index contributed by atoms with van der Waals surface area (Å²) in [7, 11) is 0. The van der Waals surface area contributed by atoms with Gasteiger partial charge in [-0.25, -0.2) is 0 Å². The third-order valence-electron chi connectivity index (χ3n) is 6.60. The fourth-order valence-corrected chi connectivity index (χ4v) is 3.85. The van der Waals surface area contributed by atoms with Crippen LogP contribution in [0.25, 0.3) is 0 Å². The van der Waals surface area contributed by atoms with Gasteiger partial charge in [-0.05, 0) is 36.5 Å². The lowest BCUT2D eigenvalue weighted by molar-refractivity contribution is -0.155. The number of nitrogens with one attached hydrogen (secondary N) is 1. The van der Waals surface area contributed by atoms with Gasteiger partial charge in [0.15, 0.2) is 0 Å². The van der Waals surface area contributed by atoms with Gasteiger partial charge in [-0.3, -0.25) is 9.59 Å². The van der Waals surface area contributed by atoms with Crippen LogP contribution in [-0.4, -0.2) is 34.8 Å². The predicted octanol–water partition coefficient (Wildman–Crippen LogP) is 2.57. The molecule has 120 valence electrons. The van der Waals surface area contributed by atoms with Crippen LogP contribution in [0.3, 0.4) is 0 Å². The van der Waals surface area contributed by atoms with E-state index in [-0.39, 0.29) is 28.7 Å². The maximum atomic E-state index is 12.9. The van der Waals surface area contributed by atoms with Gasteiger partial charge in [0.05, 0.1) is 0 Å². The number of carbonyl (C=O) groups is 2. The van der Waals surface area contributed by atoms with Crippen LogP contribution in [-0.2, 0) is 9.59 Å². The smallest absolute Gasteiger partial charge is 0.248 e. The Labute approximate surface area is 128 Å². The van der Waals surface area contributed by atoms with Crippen molar-refractivity contribution in [2.45, 2.75) is 72.9 Å². The Bertz CT molecular complexity index is 455. The Balaban J connectivity index is 2.26. The lowest BCUT2D eigenvalue weighted by Crippen LogP contribution is -2.69. The summed E-state index contributed by atoms with van der Waals surface area (Å²) in [6.07, 6.45) is 1.30. The highest BCUT2D eigenvalue weighted by Gasteiger charge is 2.65. The first kappa shape index (κ1) is 16.3. The van der Waals surface area contributed by atoms with Crippen molar-refractivity contribution in [3.05, 3.63) is 0 Å². The van der Waals surface area contributed by atoms with Crippen LogP contribution in [0.15, 0.2) is 0 Å². The fourth-order valence-electron chi connectivity index (χ4n) is 3.85. The summed E-state index contributed by atoms with van der Waals surface area (Å²) in [5.74, 6) is 0.530. The van der Waals surface area contributed by atoms with Crippen molar-refractivity contribution < 1.29 is 9.59 Å². The maximum Gasteiger partial charge on any atom is 0.248 e. The van der Waals surface area contributed by atoms with Crippen molar-refractivity contribution in [1.29, 1.82) is 0 Å². The number of carbonyl (C=O) groups excluding carboxylic acids is 2. The highest BCUT2D eigenvalue weighted by molar-refractivity contribution is 5.99. The van der Waals surface area contributed by atoms with Crippen LogP contribution in [0.2, 0.25) is 0 Å². The lowest BCUT2D eigenvalue weighted by Gasteiger charge is -2.44. The van der Waals surface area contributed by atoms with E-state index in [1.54, 1.807) is 0 Å². The molecular formula is C17H30N2O2. The van der Waals surface area contributed by atoms with E-state index in [9.17, 15) is 9.59 Å². The van der Waals surface area contributed by atoms with E-state index >= 15 is 0 Å². The highest BCUT2D eigenvalue weighted by Crippen LogP contribution is 2.68. The Kier molecular flexibility index (Phi) is 3.67. The Morgan fingerprint density at radius 1 is 1.05 bits per heavy atom. The molecule has 2 unspecified atom stereocenters. The normalized spacial score (nSPS) is 34.8. The first-order valence-corrected chi connectivity index (χ1v) is 8.16. The summed E-state index contributed by atoms with van der Waals surface area (Å²) < 4.78 is 0. The third-order valence-corrected chi connectivity index (χ3v) is 6.60. The monoisotopic (exact) mass is 294 g/mol. The number of rotatable bonds is 4. The third kappa shape index (κ3) is 2.18. The van der Waals surface area contributed by atoms with Crippen molar-refractivity contribution in [3.63, 3.8) is 0 Å². The molecule has 21 heavy (non-hydrogen) atoms. The largest absolute Gasteiger partial charge is 0.340 e. The second kappa shape index (κ2) is 4.72. The topological polar surface area (TPSA) is 49.4 Å². The van der Waals surface area contributed by atoms with Gasteiger partial charge in [-0.2, -0.15) is 0 Å². The summed E-state index contributed by atoms with van der Waals surface area (Å²) in [4.78, 5) is 27.1. The number of hydrogen-bond donors (Lipinski definition) is 1. The minimum absolute atomic E-state index is 0.00212. The number of nitrogens with zero attached hydrogens (tertiary/aromatic N) is 1. The van der Waals surface area contributed by atoms with E-state index in [0.29, 0.717) is 25.3 Å². The molecule has 2 amide bonds. The summed E-state index contributed by atoms with van der Waals surface area (Å²) in [5.41, 5.74) is -0.295. The number of piperazine rings is 1. The van der Waals surface area contributed by atoms with Gasteiger partial charge in [0.2, 0.25) is 11.8 Å². The van der Waals surface area contributed by atoms with Gasteiger partial charge < -0.3 is 10.2 Å². The molecule has 4 heteroatoms. The van der Waals surface area contributed by atoms with Crippen LogP contribution in [0.5, 0.6) is 0 Å². The van der Waals surface area contributed by atoms with Crippen molar-refractivity contribution in [1.82, 2.24) is 10.2 Å². The Morgan fingerprint density at radius 2 is 1.57 bits per heavy atom. The summed E-state index contributed by atoms with van der Waals surface area (Å²) in [6.45, 7) is 15.5. The highest BCUT2D eigenvalue weighted by atomic mass is 16.2. The van der Waals surface area contributed by atoms with Crippen LogP contribution < -0.4 is 5.32 Å². The van der Waals surface area contributed by atoms with Crippen molar-refractivity contribution in [2.75, 3.05) is 6.54 Å². The molecule has 2 aliphatic rings. The molecule has 1 saturated carbocycles. The maximum absolute atomic E-state index is 12.9. The zero-order valence-electron chi connectivity index (χ0n) is 14.5. The molecule has 4 nitrogen and oxygen atoms in total. The molecular weight excluding hydrogens is 264 g/mol. The molecule has 0 bridgehead atoms. The second-order valence-electron chi connectivity index (χ2n) is 8.05. The van der Waals surface area contributed by atoms with Crippen LogP contribution >= 0.6 is 0 Å². The molecule has 2 rings (SSSR count). The molecule has 0 radical (unpaired) electrons. The van der Waals surface area contributed by atoms with E-state index in [4.69, 9.17) is 0 Å². The zero-order chi connectivity index (χ0) is 16.2. The average Bonchev–Trinajstić information content (AvgIpc) is 2.78. The SMILES string of the molecule is CCC1C(=O)NC(C)(CC)C(=O)N1CC1C(C)(C)C1(C)C. The minimum atomic E-state index is -0.744. The fraction of sp³-hybridized carbons (Fsp3) is 0.882. The summed E-state index contributed by atoms with van der Waals surface area (Å²) >= 11 is 0. The van der Waals surface area contributed by atoms with Gasteiger partial charge in [0, 0.05) is 6.54 Å². The minimum Gasteiger partial charge on any atom is -0.340 e. The zero-order valence-corrected chi connectivity index (χ0v) is 14.5. The van der Waals surface area contributed by atoms with Gasteiger partial charge in [-0.15, -0.1) is 0 Å². The van der Waals surface area contributed by atoms with Crippen LogP contribution in [0.4, 0.5) is 0 Å². The summed E-state index contributed by atoms with van der Waals surface area (Å²) in [5, 5.41) is 2.93. The molecule has 1 saturated heterocycles. The molecule has 1 N–H and O–H groups in total. The Morgan fingerprint density at radius 3 is 1.95 bits per heavy atom. The van der Waals surface area contributed by atoms with E-state index in [0.717, 1.165) is 0 Å². The van der Waals surface area contributed by atoms with Crippen molar-refractivity contribution in [3.8, 4) is 0 Å². The van der Waals surface area contributed by atoms with Gasteiger partial charge in [-0.1, -0.05) is 41.5 Å². The second-order valence-corrected chi connectivity index (χ2v) is 8.05. The average molecular weight is 294 g/mol. The van der Waals surface area contributed by atoms with E-state index < -0.39 is 5.54 Å². The van der Waals surface area contributed by atoms with Gasteiger partial charge in [0.1, 0.15) is 11.6 Å². The first-order chi connectivity index (χ1) is 9.53. The predicted molar refractivity (Wildman–Crippen MR) is 83.7 cm³/mol. The molecule has 0 aromatic rings. The summed E-state index contributed by atoms with van der Waals surface area (Å²) in [6, 6.07) is -0.315. The van der Waals surface area contributed by atoms with E-state index in [1.807, 2.05) is 25.7 Å². The quantitative estimate of drug-likeness (QED) is 0.866. The van der Waals surface area contributed by atoms with Gasteiger partial charge >= 0.3 is 0 Å². The first-order valence-electron chi connectivity index (χ1n) is 8.16. The molecule has 0 aromatic carbocycles. The lowest BCUT2D eigenvalue weighted by atomic mass is 9.90. The standard InChI is InChI=1S/C17H30N2O2/c1-8-11-13(20)18-17(7,9-2)14(21)19(11)10-12-15(3,4)16(12,5)6/h11-12H,8-10H2,1-7H3,(H,18,20). The molecule has 2 fully saturated rings. The van der Waals surface area contributed by atoms with E-state index in [1.165, 1.54) is 0 Å². The molecule has 0 spiro atoms.